The Morgan fingerprint density at radius 3 is 2.86 bits per heavy atom. The molecular formula is C15H16ClNO2S2. The second-order valence-electron chi connectivity index (χ2n) is 4.78. The van der Waals surface area contributed by atoms with Crippen molar-refractivity contribution in [2.75, 3.05) is 12.8 Å². The van der Waals surface area contributed by atoms with Crippen LogP contribution in [0.25, 0.3) is 0 Å². The highest BCUT2D eigenvalue weighted by molar-refractivity contribution is 7.98. The maximum absolute atomic E-state index is 12.2. The quantitative estimate of drug-likeness (QED) is 0.814. The fourth-order valence-electron chi connectivity index (χ4n) is 1.83. The van der Waals surface area contributed by atoms with Crippen LogP contribution in [-0.2, 0) is 5.60 Å². The summed E-state index contributed by atoms with van der Waals surface area (Å²) in [6.45, 7) is 1.81. The molecule has 112 valence electrons. The van der Waals surface area contributed by atoms with Crippen LogP contribution in [-0.4, -0.2) is 23.8 Å². The van der Waals surface area contributed by atoms with Crippen molar-refractivity contribution in [3.63, 3.8) is 0 Å². The Morgan fingerprint density at radius 2 is 2.24 bits per heavy atom. The van der Waals surface area contributed by atoms with Gasteiger partial charge in [0.2, 0.25) is 0 Å². The minimum Gasteiger partial charge on any atom is -0.383 e. The molecule has 2 N–H and O–H groups in total. The molecule has 1 aromatic carbocycles. The molecule has 0 fully saturated rings. The molecule has 0 saturated heterocycles. The lowest BCUT2D eigenvalue weighted by Crippen LogP contribution is -2.38. The molecule has 0 saturated carbocycles. The Balaban J connectivity index is 2.08. The number of carbonyl (C=O) groups is 1. The molecule has 2 rings (SSSR count). The first-order valence-corrected chi connectivity index (χ1v) is 8.80. The fourth-order valence-corrected chi connectivity index (χ4v) is 3.26. The molecule has 1 amide bonds. The zero-order valence-corrected chi connectivity index (χ0v) is 14.1. The van der Waals surface area contributed by atoms with Gasteiger partial charge in [-0.25, -0.2) is 0 Å². The van der Waals surface area contributed by atoms with Crippen molar-refractivity contribution in [1.29, 1.82) is 0 Å². The normalized spacial score (nSPS) is 13.7. The molecule has 0 aliphatic heterocycles. The number of hydrogen-bond acceptors (Lipinski definition) is 4. The first kappa shape index (κ1) is 16.4. The average Bonchev–Trinajstić information content (AvgIpc) is 3.00. The SMILES string of the molecule is CSc1ccc(Cl)c(C(=O)NCC(C)(O)c2cccs2)c1. The Hall–Kier alpha value is -1.01. The monoisotopic (exact) mass is 341 g/mol. The minimum absolute atomic E-state index is 0.131. The van der Waals surface area contributed by atoms with Crippen LogP contribution in [0.1, 0.15) is 22.2 Å². The van der Waals surface area contributed by atoms with E-state index in [1.807, 2.05) is 29.8 Å². The topological polar surface area (TPSA) is 49.3 Å². The Kier molecular flexibility index (Phi) is 5.32. The Bertz CT molecular complexity index is 627. The highest BCUT2D eigenvalue weighted by Gasteiger charge is 2.25. The molecule has 0 spiro atoms. The third-order valence-electron chi connectivity index (χ3n) is 3.06. The maximum Gasteiger partial charge on any atom is 0.252 e. The summed E-state index contributed by atoms with van der Waals surface area (Å²) in [5, 5.41) is 15.4. The molecule has 0 aliphatic carbocycles. The number of aliphatic hydroxyl groups is 1. The summed E-state index contributed by atoms with van der Waals surface area (Å²) < 4.78 is 0. The number of thioether (sulfide) groups is 1. The molecule has 1 heterocycles. The van der Waals surface area contributed by atoms with Gasteiger partial charge in [-0.2, -0.15) is 0 Å². The van der Waals surface area contributed by atoms with Crippen molar-refractivity contribution in [1.82, 2.24) is 5.32 Å². The van der Waals surface area contributed by atoms with Crippen molar-refractivity contribution >= 4 is 40.6 Å². The van der Waals surface area contributed by atoms with Crippen LogP contribution < -0.4 is 5.32 Å². The van der Waals surface area contributed by atoms with Crippen LogP contribution in [0, 0.1) is 0 Å². The van der Waals surface area contributed by atoms with Gasteiger partial charge in [-0.1, -0.05) is 17.7 Å². The van der Waals surface area contributed by atoms with Crippen LogP contribution in [0.3, 0.4) is 0 Å². The Labute approximate surface area is 137 Å². The summed E-state index contributed by atoms with van der Waals surface area (Å²) in [5.41, 5.74) is -0.668. The fraction of sp³-hybridized carbons (Fsp3) is 0.267. The minimum atomic E-state index is -1.09. The number of thiophene rings is 1. The van der Waals surface area contributed by atoms with Gasteiger partial charge in [-0.05, 0) is 42.8 Å². The lowest BCUT2D eigenvalue weighted by atomic mass is 10.1. The second-order valence-corrected chi connectivity index (χ2v) is 7.01. The smallest absolute Gasteiger partial charge is 0.252 e. The number of halogens is 1. The van der Waals surface area contributed by atoms with Gasteiger partial charge in [0.1, 0.15) is 5.60 Å². The van der Waals surface area contributed by atoms with E-state index >= 15 is 0 Å². The highest BCUT2D eigenvalue weighted by atomic mass is 35.5. The molecule has 1 aromatic heterocycles. The van der Waals surface area contributed by atoms with E-state index in [9.17, 15) is 9.90 Å². The molecule has 1 atom stereocenters. The number of nitrogens with one attached hydrogen (secondary N) is 1. The largest absolute Gasteiger partial charge is 0.383 e. The molecule has 0 radical (unpaired) electrons. The molecule has 2 aromatic rings. The molecular weight excluding hydrogens is 326 g/mol. The van der Waals surface area contributed by atoms with Crippen LogP contribution >= 0.6 is 34.7 Å². The van der Waals surface area contributed by atoms with Gasteiger partial charge < -0.3 is 10.4 Å². The van der Waals surface area contributed by atoms with Gasteiger partial charge in [0, 0.05) is 9.77 Å². The molecule has 6 heteroatoms. The summed E-state index contributed by atoms with van der Waals surface area (Å²) in [7, 11) is 0. The molecule has 1 unspecified atom stereocenters. The Morgan fingerprint density at radius 1 is 1.48 bits per heavy atom. The molecule has 0 aliphatic rings. The van der Waals surface area contributed by atoms with Gasteiger partial charge in [0.25, 0.3) is 5.91 Å². The average molecular weight is 342 g/mol. The van der Waals surface area contributed by atoms with Crippen LogP contribution in [0.4, 0.5) is 0 Å². The first-order valence-electron chi connectivity index (χ1n) is 6.32. The molecule has 3 nitrogen and oxygen atoms in total. The van der Waals surface area contributed by atoms with Crippen LogP contribution in [0.2, 0.25) is 5.02 Å². The zero-order valence-electron chi connectivity index (χ0n) is 11.7. The van der Waals surface area contributed by atoms with Gasteiger partial charge in [-0.15, -0.1) is 23.1 Å². The predicted octanol–water partition coefficient (Wildman–Crippen LogP) is 3.76. The van der Waals surface area contributed by atoms with Crippen molar-refractivity contribution in [2.24, 2.45) is 0 Å². The van der Waals surface area contributed by atoms with Gasteiger partial charge in [0.15, 0.2) is 0 Å². The van der Waals surface area contributed by atoms with Gasteiger partial charge in [-0.3, -0.25) is 4.79 Å². The highest BCUT2D eigenvalue weighted by Crippen LogP contribution is 2.26. The number of rotatable bonds is 5. The number of carbonyl (C=O) groups excluding carboxylic acids is 1. The third-order valence-corrected chi connectivity index (χ3v) is 5.24. The van der Waals surface area contributed by atoms with Crippen LogP contribution in [0.15, 0.2) is 40.6 Å². The maximum atomic E-state index is 12.2. The summed E-state index contributed by atoms with van der Waals surface area (Å²) in [6, 6.07) is 9.04. The second kappa shape index (κ2) is 6.83. The van der Waals surface area contributed by atoms with Crippen molar-refractivity contribution < 1.29 is 9.90 Å². The lowest BCUT2D eigenvalue weighted by molar-refractivity contribution is 0.0556. The van der Waals surface area contributed by atoms with Crippen molar-refractivity contribution in [2.45, 2.75) is 17.4 Å². The van der Waals surface area contributed by atoms with E-state index in [1.54, 1.807) is 30.8 Å². The van der Waals surface area contributed by atoms with Crippen molar-refractivity contribution in [3.05, 3.63) is 51.2 Å². The predicted molar refractivity (Wildman–Crippen MR) is 89.5 cm³/mol. The standard InChI is InChI=1S/C15H16ClNO2S2/c1-15(19,13-4-3-7-21-13)9-17-14(18)11-8-10(20-2)5-6-12(11)16/h3-8,19H,9H2,1-2H3,(H,17,18). The van der Waals surface area contributed by atoms with E-state index in [-0.39, 0.29) is 12.5 Å². The summed E-state index contributed by atoms with van der Waals surface area (Å²) in [4.78, 5) is 14.0. The number of benzene rings is 1. The van der Waals surface area contributed by atoms with Gasteiger partial charge >= 0.3 is 0 Å². The van der Waals surface area contributed by atoms with Crippen LogP contribution in [0.5, 0.6) is 0 Å². The summed E-state index contributed by atoms with van der Waals surface area (Å²) in [5.74, 6) is -0.285. The van der Waals surface area contributed by atoms with E-state index in [1.165, 1.54) is 11.3 Å². The summed E-state index contributed by atoms with van der Waals surface area (Å²) >= 11 is 9.07. The molecule has 21 heavy (non-hydrogen) atoms. The van der Waals surface area contributed by atoms with Crippen molar-refractivity contribution in [3.8, 4) is 0 Å². The zero-order chi connectivity index (χ0) is 15.5. The number of hydrogen-bond donors (Lipinski definition) is 2. The van der Waals surface area contributed by atoms with E-state index in [2.05, 4.69) is 5.32 Å². The summed E-state index contributed by atoms with van der Waals surface area (Å²) in [6.07, 6.45) is 1.94. The molecule has 0 bridgehead atoms. The first-order chi connectivity index (χ1) is 9.94. The number of amides is 1. The van der Waals surface area contributed by atoms with E-state index in [0.29, 0.717) is 10.6 Å². The third kappa shape index (κ3) is 4.01. The van der Waals surface area contributed by atoms with Gasteiger partial charge in [0.05, 0.1) is 17.1 Å². The van der Waals surface area contributed by atoms with E-state index < -0.39 is 5.60 Å². The van der Waals surface area contributed by atoms with E-state index in [4.69, 9.17) is 11.6 Å². The lowest BCUT2D eigenvalue weighted by Gasteiger charge is -2.22. The van der Waals surface area contributed by atoms with E-state index in [0.717, 1.165) is 9.77 Å².